The van der Waals surface area contributed by atoms with Crippen LogP contribution in [0.5, 0.6) is 5.75 Å². The highest BCUT2D eigenvalue weighted by atomic mass is 35.5. The molecule has 0 aliphatic heterocycles. The van der Waals surface area contributed by atoms with E-state index in [2.05, 4.69) is 0 Å². The van der Waals surface area contributed by atoms with E-state index in [1.165, 1.54) is 4.90 Å². The maximum atomic E-state index is 12.9. The second kappa shape index (κ2) is 11.2. The molecule has 1 amide bonds. The van der Waals surface area contributed by atoms with Gasteiger partial charge in [0, 0.05) is 13.1 Å². The third-order valence-electron chi connectivity index (χ3n) is 5.79. The monoisotopic (exact) mass is 468 g/mol. The molecule has 3 aromatic carbocycles. The van der Waals surface area contributed by atoms with Gasteiger partial charge >= 0.3 is 6.09 Å². The molecule has 174 valence electrons. The zero-order chi connectivity index (χ0) is 22.5. The highest BCUT2D eigenvalue weighted by Gasteiger charge is 2.31. The number of hydrogen-bond donors (Lipinski definition) is 2. The summed E-state index contributed by atoms with van der Waals surface area (Å²) < 4.78 is 11.7. The lowest BCUT2D eigenvalue weighted by atomic mass is 9.85. The lowest BCUT2D eigenvalue weighted by Crippen LogP contribution is -2.35. The van der Waals surface area contributed by atoms with Gasteiger partial charge in [0.15, 0.2) is 0 Å². The molecule has 2 unspecified atom stereocenters. The van der Waals surface area contributed by atoms with Gasteiger partial charge in [-0.2, -0.15) is 0 Å². The third-order valence-corrected chi connectivity index (χ3v) is 5.79. The van der Waals surface area contributed by atoms with E-state index in [0.717, 1.165) is 22.3 Å². The van der Waals surface area contributed by atoms with Crippen LogP contribution in [0.3, 0.4) is 0 Å². The maximum absolute atomic E-state index is 12.9. The molecule has 0 spiro atoms. The number of benzene rings is 3. The Labute approximate surface area is 200 Å². The summed E-state index contributed by atoms with van der Waals surface area (Å²) in [6.07, 6.45) is -0.0108. The molecule has 0 fully saturated rings. The largest absolute Gasteiger partial charge is 0.487 e. The Bertz CT molecular complexity index is 1060. The minimum Gasteiger partial charge on any atom is -0.487 e. The molecular weight excluding hydrogens is 440 g/mol. The number of halogens is 1. The number of carbonyl (C=O) groups is 1. The van der Waals surface area contributed by atoms with Crippen LogP contribution in [0.4, 0.5) is 10.5 Å². The average molecular weight is 469 g/mol. The first-order chi connectivity index (χ1) is 15.5. The van der Waals surface area contributed by atoms with Crippen LogP contribution in [0, 0.1) is 0 Å². The van der Waals surface area contributed by atoms with Crippen molar-refractivity contribution >= 4 is 24.2 Å². The highest BCUT2D eigenvalue weighted by Crippen LogP contribution is 2.41. The van der Waals surface area contributed by atoms with Crippen LogP contribution >= 0.6 is 12.4 Å². The number of anilines is 1. The molecule has 3 N–H and O–H groups in total. The Morgan fingerprint density at radius 3 is 2.24 bits per heavy atom. The number of rotatable bonds is 6. The number of ether oxygens (including phenoxy) is 2. The van der Waals surface area contributed by atoms with Gasteiger partial charge in [-0.3, -0.25) is 4.90 Å². The Balaban J connectivity index is 0.00000306. The van der Waals surface area contributed by atoms with Gasteiger partial charge in [0.05, 0.1) is 11.8 Å². The molecule has 33 heavy (non-hydrogen) atoms. The topological polar surface area (TPSA) is 85.0 Å². The van der Waals surface area contributed by atoms with Gasteiger partial charge in [-0.05, 0) is 41.2 Å². The summed E-state index contributed by atoms with van der Waals surface area (Å²) >= 11 is 0. The first kappa shape index (κ1) is 24.6. The van der Waals surface area contributed by atoms with Crippen LogP contribution in [0.2, 0.25) is 0 Å². The van der Waals surface area contributed by atoms with Crippen molar-refractivity contribution in [2.75, 3.05) is 11.9 Å². The summed E-state index contributed by atoms with van der Waals surface area (Å²) in [7, 11) is 1.67. The fourth-order valence-electron chi connectivity index (χ4n) is 4.00. The standard InChI is InChI=1S/C26H28N2O4.ClH/c1-28(26(30)32-17-19-10-6-3-7-11-19)24-20-12-14-22(27)25(29)21(20)13-15-23(24)31-16-18-8-4-2-5-9-18;/h2-11,13,15,22,25,29H,12,14,16-17,27H2,1H3;1H. The lowest BCUT2D eigenvalue weighted by Gasteiger charge is -2.32. The molecule has 0 saturated carbocycles. The predicted octanol–water partition coefficient (Wildman–Crippen LogP) is 4.77. The lowest BCUT2D eigenvalue weighted by molar-refractivity contribution is 0.133. The molecule has 6 nitrogen and oxygen atoms in total. The molecule has 0 aromatic heterocycles. The van der Waals surface area contributed by atoms with Gasteiger partial charge in [0.2, 0.25) is 0 Å². The van der Waals surface area contributed by atoms with Crippen molar-refractivity contribution in [2.45, 2.75) is 38.2 Å². The normalized spacial score (nSPS) is 16.8. The highest BCUT2D eigenvalue weighted by molar-refractivity contribution is 5.91. The van der Waals surface area contributed by atoms with E-state index < -0.39 is 12.2 Å². The Morgan fingerprint density at radius 1 is 1.00 bits per heavy atom. The number of hydrogen-bond acceptors (Lipinski definition) is 5. The molecule has 1 aliphatic carbocycles. The van der Waals surface area contributed by atoms with E-state index in [4.69, 9.17) is 15.2 Å². The minimum absolute atomic E-state index is 0. The number of carbonyl (C=O) groups excluding carboxylic acids is 1. The van der Waals surface area contributed by atoms with Crippen LogP contribution in [0.25, 0.3) is 0 Å². The number of aliphatic hydroxyl groups is 1. The molecule has 0 radical (unpaired) electrons. The number of fused-ring (bicyclic) bond motifs is 1. The molecule has 3 aromatic rings. The van der Waals surface area contributed by atoms with E-state index in [0.29, 0.717) is 30.9 Å². The van der Waals surface area contributed by atoms with Crippen LogP contribution in [0.15, 0.2) is 72.8 Å². The summed E-state index contributed by atoms with van der Waals surface area (Å²) in [5.74, 6) is 0.564. The molecule has 2 atom stereocenters. The van der Waals surface area contributed by atoms with Crippen molar-refractivity contribution in [3.8, 4) is 5.75 Å². The number of aliphatic hydroxyl groups excluding tert-OH is 1. The average Bonchev–Trinajstić information content (AvgIpc) is 2.84. The summed E-state index contributed by atoms with van der Waals surface area (Å²) in [5, 5.41) is 10.6. The molecule has 0 bridgehead atoms. The van der Waals surface area contributed by atoms with Gasteiger partial charge in [-0.15, -0.1) is 12.4 Å². The van der Waals surface area contributed by atoms with Gasteiger partial charge < -0.3 is 20.3 Å². The van der Waals surface area contributed by atoms with E-state index in [1.807, 2.05) is 66.7 Å². The molecule has 4 rings (SSSR count). The Hall–Kier alpha value is -3.06. The van der Waals surface area contributed by atoms with Gasteiger partial charge in [-0.1, -0.05) is 66.7 Å². The summed E-state index contributed by atoms with van der Waals surface area (Å²) in [6.45, 7) is 0.536. The Kier molecular flexibility index (Phi) is 8.33. The van der Waals surface area contributed by atoms with Crippen LogP contribution < -0.4 is 15.4 Å². The van der Waals surface area contributed by atoms with Gasteiger partial charge in [0.25, 0.3) is 0 Å². The van der Waals surface area contributed by atoms with Crippen molar-refractivity contribution in [3.05, 3.63) is 95.1 Å². The molecular formula is C26H29ClN2O4. The predicted molar refractivity (Wildman–Crippen MR) is 131 cm³/mol. The van der Waals surface area contributed by atoms with E-state index in [-0.39, 0.29) is 25.1 Å². The van der Waals surface area contributed by atoms with E-state index in [1.54, 1.807) is 13.1 Å². The van der Waals surface area contributed by atoms with Crippen molar-refractivity contribution in [1.82, 2.24) is 0 Å². The molecule has 7 heteroatoms. The van der Waals surface area contributed by atoms with Crippen LogP contribution in [-0.2, 0) is 24.4 Å². The fraction of sp³-hybridized carbons (Fsp3) is 0.269. The van der Waals surface area contributed by atoms with Crippen LogP contribution in [0.1, 0.15) is 34.8 Å². The van der Waals surface area contributed by atoms with Crippen molar-refractivity contribution in [3.63, 3.8) is 0 Å². The fourth-order valence-corrected chi connectivity index (χ4v) is 4.00. The van der Waals surface area contributed by atoms with Crippen molar-refractivity contribution < 1.29 is 19.4 Å². The minimum atomic E-state index is -0.783. The van der Waals surface area contributed by atoms with Gasteiger partial charge in [0.1, 0.15) is 19.0 Å². The number of nitrogens with two attached hydrogens (primary N) is 1. The summed E-state index contributed by atoms with van der Waals surface area (Å²) in [5.41, 5.74) is 10.2. The molecule has 0 heterocycles. The van der Waals surface area contributed by atoms with Crippen LogP contribution in [-0.4, -0.2) is 24.3 Å². The van der Waals surface area contributed by atoms with Crippen molar-refractivity contribution in [2.24, 2.45) is 5.73 Å². The number of nitrogens with zero attached hydrogens (tertiary/aromatic N) is 1. The van der Waals surface area contributed by atoms with Crippen molar-refractivity contribution in [1.29, 1.82) is 0 Å². The Morgan fingerprint density at radius 2 is 1.61 bits per heavy atom. The smallest absolute Gasteiger partial charge is 0.414 e. The van der Waals surface area contributed by atoms with E-state index in [9.17, 15) is 9.90 Å². The second-order valence-corrected chi connectivity index (χ2v) is 8.00. The maximum Gasteiger partial charge on any atom is 0.414 e. The first-order valence-electron chi connectivity index (χ1n) is 10.7. The van der Waals surface area contributed by atoms with Gasteiger partial charge in [-0.25, -0.2) is 4.79 Å². The second-order valence-electron chi connectivity index (χ2n) is 8.00. The summed E-state index contributed by atoms with van der Waals surface area (Å²) in [6, 6.07) is 22.7. The van der Waals surface area contributed by atoms with E-state index >= 15 is 0 Å². The SMILES string of the molecule is CN(C(=O)OCc1ccccc1)c1c(OCc2ccccc2)ccc2c1CCC(N)C2O.Cl. The zero-order valence-electron chi connectivity index (χ0n) is 18.5. The first-order valence-corrected chi connectivity index (χ1v) is 10.7. The molecule has 0 saturated heterocycles. The number of amides is 1. The third kappa shape index (κ3) is 5.66. The zero-order valence-corrected chi connectivity index (χ0v) is 19.3. The quantitative estimate of drug-likeness (QED) is 0.544. The summed E-state index contributed by atoms with van der Waals surface area (Å²) in [4.78, 5) is 14.4. The molecule has 1 aliphatic rings.